The monoisotopic (exact) mass is 346 g/mol. The average molecular weight is 347 g/mol. The molecule has 0 spiro atoms. The smallest absolute Gasteiger partial charge is 0.126 e. The number of phenols is 1. The molecule has 0 aromatic heterocycles. The van der Waals surface area contributed by atoms with Gasteiger partial charge in [0.1, 0.15) is 17.1 Å². The Morgan fingerprint density at radius 1 is 1.08 bits per heavy atom. The van der Waals surface area contributed by atoms with Gasteiger partial charge in [-0.15, -0.1) is 0 Å². The van der Waals surface area contributed by atoms with Gasteiger partial charge in [-0.05, 0) is 81.0 Å². The van der Waals surface area contributed by atoms with Crippen molar-refractivity contribution >= 4 is 0 Å². The molecular weight excluding hydrogens is 308 g/mol. The summed E-state index contributed by atoms with van der Waals surface area (Å²) in [6.07, 6.45) is 9.79. The number of rotatable bonds is 8. The van der Waals surface area contributed by atoms with Crippen LogP contribution in [0.5, 0.6) is 11.5 Å². The third-order valence-corrected chi connectivity index (χ3v) is 6.04. The molecule has 25 heavy (non-hydrogen) atoms. The lowest BCUT2D eigenvalue weighted by Gasteiger charge is -2.37. The Bertz CT molecular complexity index is 576. The van der Waals surface area contributed by atoms with Crippen LogP contribution in [0.4, 0.5) is 0 Å². The highest BCUT2D eigenvalue weighted by Crippen LogP contribution is 2.42. The van der Waals surface area contributed by atoms with Gasteiger partial charge in [-0.25, -0.2) is 0 Å². The van der Waals surface area contributed by atoms with E-state index in [1.165, 1.54) is 37.7 Å². The molecule has 0 fully saturated rings. The molecule has 0 amide bonds. The first-order chi connectivity index (χ1) is 11.7. The Balaban J connectivity index is 1.86. The Morgan fingerprint density at radius 2 is 1.76 bits per heavy atom. The number of ether oxygens (including phenoxy) is 1. The van der Waals surface area contributed by atoms with Crippen molar-refractivity contribution in [1.29, 1.82) is 0 Å². The predicted octanol–water partition coefficient (Wildman–Crippen LogP) is 6.73. The van der Waals surface area contributed by atoms with Crippen LogP contribution in [0.2, 0.25) is 0 Å². The summed E-state index contributed by atoms with van der Waals surface area (Å²) in [6.45, 7) is 13.3. The lowest BCUT2D eigenvalue weighted by atomic mass is 9.85. The van der Waals surface area contributed by atoms with Gasteiger partial charge in [0.25, 0.3) is 0 Å². The third kappa shape index (κ3) is 5.39. The van der Waals surface area contributed by atoms with Gasteiger partial charge in [-0.3, -0.25) is 0 Å². The van der Waals surface area contributed by atoms with Gasteiger partial charge in [0, 0.05) is 0 Å². The predicted molar refractivity (Wildman–Crippen MR) is 107 cm³/mol. The minimum atomic E-state index is -0.0567. The molecule has 1 aliphatic heterocycles. The summed E-state index contributed by atoms with van der Waals surface area (Å²) < 4.78 is 6.47. The van der Waals surface area contributed by atoms with Crippen LogP contribution in [0, 0.1) is 25.7 Å². The molecule has 1 aromatic carbocycles. The maximum atomic E-state index is 10.0. The van der Waals surface area contributed by atoms with Gasteiger partial charge in [-0.1, -0.05) is 46.5 Å². The van der Waals surface area contributed by atoms with Crippen LogP contribution >= 0.6 is 0 Å². The molecule has 0 saturated heterocycles. The molecular formula is C23H38O2. The van der Waals surface area contributed by atoms with Crippen LogP contribution < -0.4 is 4.74 Å². The second kappa shape index (κ2) is 8.47. The third-order valence-electron chi connectivity index (χ3n) is 6.04. The number of phenolic OH excluding ortho intramolecular Hbond substituents is 1. The normalized spacial score (nSPS) is 21.1. The fourth-order valence-electron chi connectivity index (χ4n) is 3.99. The second-order valence-electron chi connectivity index (χ2n) is 9.01. The number of hydrogen-bond acceptors (Lipinski definition) is 2. The average Bonchev–Trinajstić information content (AvgIpc) is 2.53. The van der Waals surface area contributed by atoms with Crippen molar-refractivity contribution < 1.29 is 9.84 Å². The summed E-state index contributed by atoms with van der Waals surface area (Å²) in [7, 11) is 0. The molecule has 2 heteroatoms. The SMILES string of the molecule is Cc1c(O)cc2c(c1C)O[C@](C)(CCC[C@H](C)CCCC(C)C)CC2. The molecule has 1 aromatic rings. The van der Waals surface area contributed by atoms with Crippen molar-refractivity contribution in [3.8, 4) is 11.5 Å². The molecule has 142 valence electrons. The van der Waals surface area contributed by atoms with Crippen LogP contribution in [-0.4, -0.2) is 10.7 Å². The molecule has 0 saturated carbocycles. The summed E-state index contributed by atoms with van der Waals surface area (Å²) in [5, 5.41) is 10.0. The minimum absolute atomic E-state index is 0.0567. The lowest BCUT2D eigenvalue weighted by molar-refractivity contribution is 0.0514. The van der Waals surface area contributed by atoms with E-state index in [1.807, 2.05) is 13.0 Å². The fourth-order valence-corrected chi connectivity index (χ4v) is 3.99. The zero-order valence-electron chi connectivity index (χ0n) is 17.2. The number of aryl methyl sites for hydroxylation is 1. The fraction of sp³-hybridized carbons (Fsp3) is 0.739. The van der Waals surface area contributed by atoms with Gasteiger partial charge in [0.05, 0.1) is 0 Å². The molecule has 0 radical (unpaired) electrons. The van der Waals surface area contributed by atoms with Gasteiger partial charge in [-0.2, -0.15) is 0 Å². The Hall–Kier alpha value is -1.18. The number of fused-ring (bicyclic) bond motifs is 1. The van der Waals surface area contributed by atoms with Crippen molar-refractivity contribution in [3.63, 3.8) is 0 Å². The molecule has 1 heterocycles. The molecule has 0 aliphatic carbocycles. The first kappa shape index (κ1) is 20.1. The molecule has 0 unspecified atom stereocenters. The summed E-state index contributed by atoms with van der Waals surface area (Å²) in [4.78, 5) is 0. The van der Waals surface area contributed by atoms with Crippen molar-refractivity contribution in [2.24, 2.45) is 11.8 Å². The summed E-state index contributed by atoms with van der Waals surface area (Å²) >= 11 is 0. The van der Waals surface area contributed by atoms with Gasteiger partial charge < -0.3 is 9.84 Å². The quantitative estimate of drug-likeness (QED) is 0.565. The first-order valence-corrected chi connectivity index (χ1v) is 10.2. The first-order valence-electron chi connectivity index (χ1n) is 10.2. The van der Waals surface area contributed by atoms with E-state index in [-0.39, 0.29) is 5.60 Å². The van der Waals surface area contributed by atoms with E-state index in [4.69, 9.17) is 4.74 Å². The molecule has 2 atom stereocenters. The van der Waals surface area contributed by atoms with Crippen molar-refractivity contribution in [2.45, 2.75) is 98.5 Å². The topological polar surface area (TPSA) is 29.5 Å². The number of aromatic hydroxyl groups is 1. The van der Waals surface area contributed by atoms with E-state index in [9.17, 15) is 5.11 Å². The maximum Gasteiger partial charge on any atom is 0.126 e. The van der Waals surface area contributed by atoms with Crippen LogP contribution in [0.3, 0.4) is 0 Å². The van der Waals surface area contributed by atoms with Crippen molar-refractivity contribution in [3.05, 3.63) is 22.8 Å². The zero-order valence-corrected chi connectivity index (χ0v) is 17.2. The molecule has 1 aliphatic rings. The van der Waals surface area contributed by atoms with E-state index < -0.39 is 0 Å². The van der Waals surface area contributed by atoms with E-state index in [2.05, 4.69) is 34.6 Å². The van der Waals surface area contributed by atoms with Crippen LogP contribution in [0.1, 0.15) is 89.3 Å². The largest absolute Gasteiger partial charge is 0.508 e. The summed E-state index contributed by atoms with van der Waals surface area (Å²) in [5.74, 6) is 3.07. The van der Waals surface area contributed by atoms with Gasteiger partial charge in [0.15, 0.2) is 0 Å². The highest BCUT2D eigenvalue weighted by Gasteiger charge is 2.32. The lowest BCUT2D eigenvalue weighted by Crippen LogP contribution is -2.36. The second-order valence-corrected chi connectivity index (χ2v) is 9.01. The van der Waals surface area contributed by atoms with Gasteiger partial charge >= 0.3 is 0 Å². The molecule has 2 rings (SSSR count). The number of benzene rings is 1. The highest BCUT2D eigenvalue weighted by atomic mass is 16.5. The maximum absolute atomic E-state index is 10.0. The van der Waals surface area contributed by atoms with E-state index in [1.54, 1.807) is 0 Å². The Kier molecular flexibility index (Phi) is 6.82. The standard InChI is InChI=1S/C23H38O2/c1-16(2)9-7-10-17(3)11-8-13-23(6)14-12-20-15-21(24)18(4)19(5)22(20)25-23/h15-17,24H,7-14H2,1-6H3/t17-,23-/m1/s1. The van der Waals surface area contributed by atoms with Crippen molar-refractivity contribution in [1.82, 2.24) is 0 Å². The molecule has 0 bridgehead atoms. The summed E-state index contributed by atoms with van der Waals surface area (Å²) in [5.41, 5.74) is 3.16. The van der Waals surface area contributed by atoms with Gasteiger partial charge in [0.2, 0.25) is 0 Å². The zero-order chi connectivity index (χ0) is 18.6. The van der Waals surface area contributed by atoms with E-state index in [0.29, 0.717) is 5.75 Å². The van der Waals surface area contributed by atoms with Crippen LogP contribution in [0.25, 0.3) is 0 Å². The van der Waals surface area contributed by atoms with E-state index in [0.717, 1.165) is 48.0 Å². The summed E-state index contributed by atoms with van der Waals surface area (Å²) in [6, 6.07) is 1.90. The Morgan fingerprint density at radius 3 is 2.44 bits per heavy atom. The minimum Gasteiger partial charge on any atom is -0.508 e. The highest BCUT2D eigenvalue weighted by molar-refractivity contribution is 5.53. The molecule has 1 N–H and O–H groups in total. The van der Waals surface area contributed by atoms with Crippen LogP contribution in [0.15, 0.2) is 6.07 Å². The Labute approximate surface area is 155 Å². The number of hydrogen-bond donors (Lipinski definition) is 1. The van der Waals surface area contributed by atoms with Crippen molar-refractivity contribution in [2.75, 3.05) is 0 Å². The molecule has 2 nitrogen and oxygen atoms in total. The van der Waals surface area contributed by atoms with Crippen LogP contribution in [-0.2, 0) is 6.42 Å². The van der Waals surface area contributed by atoms with E-state index >= 15 is 0 Å².